The molecule has 1 N–H and O–H groups in total. The highest BCUT2D eigenvalue weighted by Crippen LogP contribution is 2.22. The normalized spacial score (nSPS) is 12.6. The van der Waals surface area contributed by atoms with Crippen molar-refractivity contribution >= 4 is 15.9 Å². The van der Waals surface area contributed by atoms with Crippen LogP contribution in [0.25, 0.3) is 0 Å². The summed E-state index contributed by atoms with van der Waals surface area (Å²) in [6.07, 6.45) is -1.89. The molecule has 1 aromatic carbocycles. The van der Waals surface area contributed by atoms with Crippen LogP contribution in [0.3, 0.4) is 0 Å². The largest absolute Gasteiger partial charge is 0.455 e. The number of rotatable bonds is 3. The molecule has 2 nitrogen and oxygen atoms in total. The highest BCUT2D eigenvalue weighted by Gasteiger charge is 2.09. The molecular formula is C8H7BrF2O2. The third kappa shape index (κ3) is 2.93. The Bertz CT molecular complexity index is 293. The zero-order valence-corrected chi connectivity index (χ0v) is 8.09. The lowest BCUT2D eigenvalue weighted by molar-refractivity contribution is 0.0109. The van der Waals surface area contributed by atoms with Gasteiger partial charge in [-0.05, 0) is 18.2 Å². The van der Waals surface area contributed by atoms with E-state index in [4.69, 9.17) is 5.11 Å². The molecule has 1 atom stereocenters. The molecule has 0 spiro atoms. The summed E-state index contributed by atoms with van der Waals surface area (Å²) in [6.45, 7) is -0.796. The Morgan fingerprint density at radius 2 is 2.23 bits per heavy atom. The Morgan fingerprint density at radius 1 is 1.54 bits per heavy atom. The lowest BCUT2D eigenvalue weighted by Gasteiger charge is -2.09. The Balaban J connectivity index is 2.77. The van der Waals surface area contributed by atoms with E-state index in [1.807, 2.05) is 0 Å². The van der Waals surface area contributed by atoms with Crippen LogP contribution in [-0.4, -0.2) is 18.1 Å². The number of benzene rings is 1. The summed E-state index contributed by atoms with van der Waals surface area (Å²) < 4.78 is 30.4. The van der Waals surface area contributed by atoms with Gasteiger partial charge in [0.25, 0.3) is 6.36 Å². The minimum Gasteiger partial charge on any atom is -0.455 e. The van der Waals surface area contributed by atoms with Crippen molar-refractivity contribution in [3.63, 3.8) is 0 Å². The second kappa shape index (κ2) is 4.53. The zero-order chi connectivity index (χ0) is 9.84. The van der Waals surface area contributed by atoms with E-state index >= 15 is 0 Å². The molecule has 0 saturated carbocycles. The molecule has 0 saturated heterocycles. The van der Waals surface area contributed by atoms with Crippen LogP contribution in [0.2, 0.25) is 0 Å². The van der Waals surface area contributed by atoms with Crippen LogP contribution in [-0.2, 0) is 0 Å². The maximum absolute atomic E-state index is 12.9. The molecule has 0 amide bonds. The topological polar surface area (TPSA) is 29.5 Å². The molecule has 0 fully saturated rings. The summed E-state index contributed by atoms with van der Waals surface area (Å²) in [5.41, 5.74) is 0. The quantitative estimate of drug-likeness (QED) is 0.895. The predicted octanol–water partition coefficient (Wildman–Crippen LogP) is 2.25. The second-order valence-corrected chi connectivity index (χ2v) is 3.20. The van der Waals surface area contributed by atoms with E-state index < -0.39 is 18.8 Å². The Labute approximate surface area is 82.3 Å². The van der Waals surface area contributed by atoms with E-state index in [0.29, 0.717) is 4.47 Å². The van der Waals surface area contributed by atoms with Crippen LogP contribution < -0.4 is 4.74 Å². The van der Waals surface area contributed by atoms with Gasteiger partial charge in [0.05, 0.1) is 0 Å². The van der Waals surface area contributed by atoms with Gasteiger partial charge >= 0.3 is 0 Å². The molecule has 1 aromatic rings. The molecule has 0 aliphatic rings. The van der Waals surface area contributed by atoms with Crippen LogP contribution in [0.5, 0.6) is 5.75 Å². The van der Waals surface area contributed by atoms with E-state index in [1.165, 1.54) is 12.1 Å². The van der Waals surface area contributed by atoms with Crippen LogP contribution in [0, 0.1) is 5.82 Å². The number of halogens is 3. The lowest BCUT2D eigenvalue weighted by atomic mass is 10.3. The number of alkyl halides is 1. The first-order chi connectivity index (χ1) is 6.13. The van der Waals surface area contributed by atoms with Gasteiger partial charge in [-0.2, -0.15) is 4.39 Å². The lowest BCUT2D eigenvalue weighted by Crippen LogP contribution is -2.15. The molecule has 5 heteroatoms. The number of ether oxygens (including phenoxy) is 1. The summed E-state index contributed by atoms with van der Waals surface area (Å²) >= 11 is 3.04. The highest BCUT2D eigenvalue weighted by atomic mass is 79.9. The third-order valence-electron chi connectivity index (χ3n) is 1.29. The van der Waals surface area contributed by atoms with Gasteiger partial charge in [-0.25, -0.2) is 4.39 Å². The van der Waals surface area contributed by atoms with Crippen molar-refractivity contribution in [3.8, 4) is 5.75 Å². The summed E-state index contributed by atoms with van der Waals surface area (Å²) in [6, 6.07) is 3.95. The first kappa shape index (κ1) is 10.4. The smallest absolute Gasteiger partial charge is 0.261 e. The average molecular weight is 253 g/mol. The maximum atomic E-state index is 12.9. The van der Waals surface area contributed by atoms with Crippen LogP contribution in [0.1, 0.15) is 0 Å². The van der Waals surface area contributed by atoms with E-state index in [-0.39, 0.29) is 5.75 Å². The van der Waals surface area contributed by atoms with Crippen LogP contribution in [0.4, 0.5) is 8.78 Å². The van der Waals surface area contributed by atoms with Gasteiger partial charge in [0, 0.05) is 4.47 Å². The number of hydrogen-bond donors (Lipinski definition) is 1. The van der Waals surface area contributed by atoms with Gasteiger partial charge in [-0.1, -0.05) is 15.9 Å². The fourth-order valence-corrected chi connectivity index (χ4v) is 1.08. The first-order valence-electron chi connectivity index (χ1n) is 3.50. The molecule has 1 rings (SSSR count). The second-order valence-electron chi connectivity index (χ2n) is 2.29. The molecule has 0 aliphatic carbocycles. The summed E-state index contributed by atoms with van der Waals surface area (Å²) in [5, 5.41) is 8.31. The first-order valence-corrected chi connectivity index (χ1v) is 4.29. The van der Waals surface area contributed by atoms with Gasteiger partial charge in [-0.15, -0.1) is 0 Å². The number of aliphatic hydroxyl groups excluding tert-OH is 1. The third-order valence-corrected chi connectivity index (χ3v) is 1.79. The molecule has 0 aliphatic heterocycles. The molecule has 0 heterocycles. The van der Waals surface area contributed by atoms with Crippen molar-refractivity contribution in [1.82, 2.24) is 0 Å². The average Bonchev–Trinajstić information content (AvgIpc) is 2.09. The minimum absolute atomic E-state index is 0.218. The van der Waals surface area contributed by atoms with Gasteiger partial charge < -0.3 is 9.84 Å². The van der Waals surface area contributed by atoms with Crippen molar-refractivity contribution in [3.05, 3.63) is 28.5 Å². The van der Waals surface area contributed by atoms with E-state index in [9.17, 15) is 8.78 Å². The SMILES string of the molecule is OCC(F)Oc1ccc(Br)cc1F. The summed E-state index contributed by atoms with van der Waals surface area (Å²) in [7, 11) is 0. The molecular weight excluding hydrogens is 246 g/mol. The van der Waals surface area contributed by atoms with Crippen molar-refractivity contribution in [2.24, 2.45) is 0 Å². The van der Waals surface area contributed by atoms with E-state index in [1.54, 1.807) is 0 Å². The Hall–Kier alpha value is -0.680. The van der Waals surface area contributed by atoms with E-state index in [0.717, 1.165) is 6.07 Å². The van der Waals surface area contributed by atoms with Crippen molar-refractivity contribution < 1.29 is 18.6 Å². The number of aliphatic hydroxyl groups is 1. The molecule has 0 aromatic heterocycles. The number of hydrogen-bond acceptors (Lipinski definition) is 2. The summed E-state index contributed by atoms with van der Waals surface area (Å²) in [5.74, 6) is -0.893. The van der Waals surface area contributed by atoms with E-state index in [2.05, 4.69) is 20.7 Å². The van der Waals surface area contributed by atoms with Gasteiger partial charge in [0.1, 0.15) is 6.61 Å². The molecule has 0 radical (unpaired) electrons. The van der Waals surface area contributed by atoms with Gasteiger partial charge in [-0.3, -0.25) is 0 Å². The molecule has 13 heavy (non-hydrogen) atoms. The standard InChI is InChI=1S/C8H7BrF2O2/c9-5-1-2-7(6(10)3-5)13-8(11)4-12/h1-3,8,12H,4H2. The van der Waals surface area contributed by atoms with Gasteiger partial charge in [0.2, 0.25) is 0 Å². The van der Waals surface area contributed by atoms with Crippen molar-refractivity contribution in [2.45, 2.75) is 6.36 Å². The fourth-order valence-electron chi connectivity index (χ4n) is 0.746. The zero-order valence-electron chi connectivity index (χ0n) is 6.51. The monoisotopic (exact) mass is 252 g/mol. The van der Waals surface area contributed by atoms with Crippen molar-refractivity contribution in [2.75, 3.05) is 6.61 Å². The minimum atomic E-state index is -1.89. The van der Waals surface area contributed by atoms with Gasteiger partial charge in [0.15, 0.2) is 11.6 Å². The Morgan fingerprint density at radius 3 is 2.77 bits per heavy atom. The molecule has 1 unspecified atom stereocenters. The fraction of sp³-hybridized carbons (Fsp3) is 0.250. The Kier molecular flexibility index (Phi) is 3.62. The van der Waals surface area contributed by atoms with Crippen LogP contribution in [0.15, 0.2) is 22.7 Å². The molecule has 0 bridgehead atoms. The highest BCUT2D eigenvalue weighted by molar-refractivity contribution is 9.10. The van der Waals surface area contributed by atoms with Crippen molar-refractivity contribution in [1.29, 1.82) is 0 Å². The van der Waals surface area contributed by atoms with Crippen LogP contribution >= 0.6 is 15.9 Å². The molecule has 72 valence electrons. The maximum Gasteiger partial charge on any atom is 0.261 e. The predicted molar refractivity (Wildman–Crippen MR) is 46.7 cm³/mol. The summed E-state index contributed by atoms with van der Waals surface area (Å²) in [4.78, 5) is 0.